The van der Waals surface area contributed by atoms with Gasteiger partial charge in [-0.3, -0.25) is 11.3 Å². The van der Waals surface area contributed by atoms with Crippen LogP contribution in [0.1, 0.15) is 29.0 Å². The van der Waals surface area contributed by atoms with E-state index < -0.39 is 5.82 Å². The van der Waals surface area contributed by atoms with Gasteiger partial charge in [0.25, 0.3) is 0 Å². The van der Waals surface area contributed by atoms with E-state index in [0.29, 0.717) is 6.42 Å². The summed E-state index contributed by atoms with van der Waals surface area (Å²) in [5, 5.41) is 2.23. The molecule has 0 aliphatic carbocycles. The van der Waals surface area contributed by atoms with Crippen LogP contribution in [-0.2, 0) is 12.8 Å². The zero-order chi connectivity index (χ0) is 13.8. The van der Waals surface area contributed by atoms with Crippen LogP contribution in [0.3, 0.4) is 0 Å². The minimum Gasteiger partial charge on any atom is -0.271 e. The SMILES string of the molecule is CCc1ccsc1C(Cc1cccc(F)c1Cl)NN. The van der Waals surface area contributed by atoms with Crippen molar-refractivity contribution in [2.45, 2.75) is 25.8 Å². The number of rotatable bonds is 5. The van der Waals surface area contributed by atoms with Gasteiger partial charge in [0.15, 0.2) is 0 Å². The van der Waals surface area contributed by atoms with Crippen LogP contribution in [0.5, 0.6) is 0 Å². The molecule has 0 saturated heterocycles. The molecule has 19 heavy (non-hydrogen) atoms. The van der Waals surface area contributed by atoms with Crippen LogP contribution < -0.4 is 11.3 Å². The Kier molecular flexibility index (Phi) is 4.93. The third-order valence-electron chi connectivity index (χ3n) is 3.13. The first-order valence-electron chi connectivity index (χ1n) is 6.12. The highest BCUT2D eigenvalue weighted by Crippen LogP contribution is 2.30. The second-order valence-corrected chi connectivity index (χ2v) is 5.63. The number of hydrazine groups is 1. The molecule has 1 atom stereocenters. The Morgan fingerprint density at radius 1 is 1.37 bits per heavy atom. The van der Waals surface area contributed by atoms with Gasteiger partial charge in [0, 0.05) is 4.88 Å². The van der Waals surface area contributed by atoms with Gasteiger partial charge in [-0.1, -0.05) is 30.7 Å². The van der Waals surface area contributed by atoms with E-state index in [2.05, 4.69) is 18.4 Å². The quantitative estimate of drug-likeness (QED) is 0.650. The zero-order valence-corrected chi connectivity index (χ0v) is 12.2. The lowest BCUT2D eigenvalue weighted by atomic mass is 10.0. The van der Waals surface area contributed by atoms with E-state index in [1.165, 1.54) is 16.5 Å². The number of nitrogens with one attached hydrogen (secondary N) is 1. The van der Waals surface area contributed by atoms with Crippen molar-refractivity contribution in [2.75, 3.05) is 0 Å². The first-order chi connectivity index (χ1) is 9.17. The summed E-state index contributed by atoms with van der Waals surface area (Å²) in [5.41, 5.74) is 4.83. The van der Waals surface area contributed by atoms with Gasteiger partial charge in [-0.25, -0.2) is 4.39 Å². The monoisotopic (exact) mass is 298 g/mol. The van der Waals surface area contributed by atoms with Crippen molar-refractivity contribution >= 4 is 22.9 Å². The van der Waals surface area contributed by atoms with E-state index in [1.807, 2.05) is 11.4 Å². The molecule has 102 valence electrons. The molecule has 0 aliphatic rings. The average molecular weight is 299 g/mol. The Morgan fingerprint density at radius 2 is 2.16 bits per heavy atom. The fraction of sp³-hybridized carbons (Fsp3) is 0.286. The summed E-state index contributed by atoms with van der Waals surface area (Å²) in [6.07, 6.45) is 1.52. The van der Waals surface area contributed by atoms with Crippen molar-refractivity contribution in [1.82, 2.24) is 5.43 Å². The Bertz CT molecular complexity index is 556. The molecular formula is C14H16ClFN2S. The van der Waals surface area contributed by atoms with Gasteiger partial charge < -0.3 is 0 Å². The van der Waals surface area contributed by atoms with Crippen molar-refractivity contribution in [3.05, 3.63) is 56.5 Å². The molecule has 0 radical (unpaired) electrons. The molecule has 2 aromatic rings. The number of nitrogens with two attached hydrogens (primary N) is 1. The normalized spacial score (nSPS) is 12.6. The van der Waals surface area contributed by atoms with E-state index in [4.69, 9.17) is 17.4 Å². The molecule has 0 aliphatic heterocycles. The maximum atomic E-state index is 13.4. The molecule has 1 heterocycles. The molecular weight excluding hydrogens is 283 g/mol. The summed E-state index contributed by atoms with van der Waals surface area (Å²) in [7, 11) is 0. The molecule has 0 fully saturated rings. The van der Waals surface area contributed by atoms with Crippen molar-refractivity contribution in [3.8, 4) is 0 Å². The fourth-order valence-corrected chi connectivity index (χ4v) is 3.36. The molecule has 2 nitrogen and oxygen atoms in total. The Balaban J connectivity index is 2.27. The summed E-state index contributed by atoms with van der Waals surface area (Å²) >= 11 is 7.65. The predicted molar refractivity (Wildman–Crippen MR) is 78.9 cm³/mol. The highest BCUT2D eigenvalue weighted by Gasteiger charge is 2.17. The van der Waals surface area contributed by atoms with Gasteiger partial charge in [-0.2, -0.15) is 0 Å². The lowest BCUT2D eigenvalue weighted by Gasteiger charge is -2.17. The maximum Gasteiger partial charge on any atom is 0.142 e. The average Bonchev–Trinajstić information content (AvgIpc) is 2.88. The van der Waals surface area contributed by atoms with Gasteiger partial charge in [-0.15, -0.1) is 11.3 Å². The first-order valence-corrected chi connectivity index (χ1v) is 7.38. The molecule has 1 unspecified atom stereocenters. The second kappa shape index (κ2) is 6.48. The number of aryl methyl sites for hydroxylation is 1. The van der Waals surface area contributed by atoms with Crippen molar-refractivity contribution in [2.24, 2.45) is 5.84 Å². The number of thiophene rings is 1. The van der Waals surface area contributed by atoms with Crippen molar-refractivity contribution in [1.29, 1.82) is 0 Å². The Morgan fingerprint density at radius 3 is 2.84 bits per heavy atom. The van der Waals surface area contributed by atoms with Crippen molar-refractivity contribution in [3.63, 3.8) is 0 Å². The maximum absolute atomic E-state index is 13.4. The molecule has 1 aromatic carbocycles. The van der Waals surface area contributed by atoms with Crippen LogP contribution in [0.25, 0.3) is 0 Å². The smallest absolute Gasteiger partial charge is 0.142 e. The summed E-state index contributed by atoms with van der Waals surface area (Å²) in [5.74, 6) is 5.25. The van der Waals surface area contributed by atoms with Crippen LogP contribution in [0, 0.1) is 5.82 Å². The predicted octanol–water partition coefficient (Wildman–Crippen LogP) is 3.85. The standard InChI is InChI=1S/C14H16ClFN2S/c1-2-9-6-7-19-14(9)12(18-17)8-10-4-3-5-11(16)13(10)15/h3-7,12,18H,2,8,17H2,1H3. The Labute approximate surface area is 121 Å². The van der Waals surface area contributed by atoms with E-state index in [1.54, 1.807) is 17.4 Å². The molecule has 1 aromatic heterocycles. The molecule has 3 N–H and O–H groups in total. The largest absolute Gasteiger partial charge is 0.271 e. The molecule has 0 amide bonds. The summed E-state index contributed by atoms with van der Waals surface area (Å²) in [6, 6.07) is 6.90. The number of hydrogen-bond donors (Lipinski definition) is 2. The van der Waals surface area contributed by atoms with Gasteiger partial charge in [0.1, 0.15) is 5.82 Å². The molecule has 2 rings (SSSR count). The fourth-order valence-electron chi connectivity index (χ4n) is 2.10. The first kappa shape index (κ1) is 14.5. The van der Waals surface area contributed by atoms with Crippen molar-refractivity contribution < 1.29 is 4.39 Å². The lowest BCUT2D eigenvalue weighted by molar-refractivity contribution is 0.553. The lowest BCUT2D eigenvalue weighted by Crippen LogP contribution is -2.29. The van der Waals surface area contributed by atoms with Gasteiger partial charge in [-0.05, 0) is 41.5 Å². The number of benzene rings is 1. The van der Waals surface area contributed by atoms with E-state index in [-0.39, 0.29) is 11.1 Å². The van der Waals surface area contributed by atoms with Crippen LogP contribution in [0.4, 0.5) is 4.39 Å². The van der Waals surface area contributed by atoms with E-state index in [0.717, 1.165) is 12.0 Å². The van der Waals surface area contributed by atoms with Crippen LogP contribution >= 0.6 is 22.9 Å². The molecule has 5 heteroatoms. The van der Waals surface area contributed by atoms with Crippen LogP contribution in [0.15, 0.2) is 29.6 Å². The highest BCUT2D eigenvalue weighted by atomic mass is 35.5. The van der Waals surface area contributed by atoms with E-state index >= 15 is 0 Å². The van der Waals surface area contributed by atoms with Gasteiger partial charge in [0.05, 0.1) is 11.1 Å². The number of halogens is 2. The minimum absolute atomic E-state index is 0.0470. The third-order valence-corrected chi connectivity index (χ3v) is 4.63. The second-order valence-electron chi connectivity index (χ2n) is 4.30. The summed E-state index contributed by atoms with van der Waals surface area (Å²) in [6.45, 7) is 2.11. The molecule has 0 saturated carbocycles. The molecule has 0 bridgehead atoms. The third kappa shape index (κ3) is 3.15. The van der Waals surface area contributed by atoms with Gasteiger partial charge >= 0.3 is 0 Å². The number of hydrogen-bond acceptors (Lipinski definition) is 3. The summed E-state index contributed by atoms with van der Waals surface area (Å²) in [4.78, 5) is 1.19. The topological polar surface area (TPSA) is 38.0 Å². The van der Waals surface area contributed by atoms with E-state index in [9.17, 15) is 4.39 Å². The van der Waals surface area contributed by atoms with Gasteiger partial charge in [0.2, 0.25) is 0 Å². The minimum atomic E-state index is -0.392. The summed E-state index contributed by atoms with van der Waals surface area (Å²) < 4.78 is 13.4. The van der Waals surface area contributed by atoms with Crippen LogP contribution in [0.2, 0.25) is 5.02 Å². The van der Waals surface area contributed by atoms with Crippen LogP contribution in [-0.4, -0.2) is 0 Å². The molecule has 0 spiro atoms. The zero-order valence-electron chi connectivity index (χ0n) is 10.6. The Hall–Kier alpha value is -0.940. The highest BCUT2D eigenvalue weighted by molar-refractivity contribution is 7.10.